The molecule has 0 radical (unpaired) electrons. The molecule has 0 aliphatic carbocycles. The highest BCUT2D eigenvalue weighted by atomic mass is 15.5. The topological polar surface area (TPSA) is 58.5 Å². The molecule has 0 aromatic carbocycles. The van der Waals surface area contributed by atoms with Crippen molar-refractivity contribution in [3.05, 3.63) is 0 Å². The van der Waals surface area contributed by atoms with Crippen LogP contribution in [0.15, 0.2) is 0 Å². The Labute approximate surface area is 61.7 Å². The molecule has 1 saturated heterocycles. The minimum Gasteiger partial charge on any atom is -0.268 e. The largest absolute Gasteiger partial charge is 0.268 e. The van der Waals surface area contributed by atoms with Gasteiger partial charge in [0.25, 0.3) is 0 Å². The molecule has 1 rings (SSSR count). The highest BCUT2D eigenvalue weighted by molar-refractivity contribution is 4.77. The van der Waals surface area contributed by atoms with Gasteiger partial charge in [0.05, 0.1) is 0 Å². The molecule has 0 saturated carbocycles. The van der Waals surface area contributed by atoms with Gasteiger partial charge in [0.15, 0.2) is 0 Å². The van der Waals surface area contributed by atoms with Gasteiger partial charge in [-0.15, -0.1) is 0 Å². The number of hydrazine groups is 2. The molecule has 1 aliphatic heterocycles. The summed E-state index contributed by atoms with van der Waals surface area (Å²) in [5.74, 6) is 11.4. The van der Waals surface area contributed by atoms with Crippen LogP contribution in [-0.2, 0) is 0 Å². The Balaban J connectivity index is 2.46. The van der Waals surface area contributed by atoms with E-state index in [-0.39, 0.29) is 0 Å². The van der Waals surface area contributed by atoms with Crippen molar-refractivity contribution in [1.82, 2.24) is 10.0 Å². The summed E-state index contributed by atoms with van der Waals surface area (Å²) in [4.78, 5) is 0. The molecular weight excluding hydrogens is 128 g/mol. The molecule has 2 atom stereocenters. The third kappa shape index (κ3) is 1.46. The Bertz CT molecular complexity index is 90.3. The Morgan fingerprint density at radius 1 is 1.00 bits per heavy atom. The van der Waals surface area contributed by atoms with E-state index < -0.39 is 0 Å². The Morgan fingerprint density at radius 2 is 1.30 bits per heavy atom. The predicted octanol–water partition coefficient (Wildman–Crippen LogP) is -0.872. The van der Waals surface area contributed by atoms with Crippen LogP contribution < -0.4 is 11.7 Å². The zero-order valence-electron chi connectivity index (χ0n) is 6.62. The van der Waals surface area contributed by atoms with E-state index in [0.717, 1.165) is 13.1 Å². The van der Waals surface area contributed by atoms with Gasteiger partial charge in [-0.2, -0.15) is 0 Å². The lowest BCUT2D eigenvalue weighted by atomic mass is 10.2. The molecule has 1 aliphatic rings. The Kier molecular flexibility index (Phi) is 2.25. The number of rotatable bonds is 0. The van der Waals surface area contributed by atoms with E-state index in [0.29, 0.717) is 12.1 Å². The maximum atomic E-state index is 5.68. The zero-order valence-corrected chi connectivity index (χ0v) is 6.62. The lowest BCUT2D eigenvalue weighted by Gasteiger charge is -2.39. The normalized spacial score (nSPS) is 38.4. The standard InChI is InChI=1S/C6H16N4/c1-5-3-10(8)6(2)4-9(5)7/h5-6H,3-4,7-8H2,1-2H3/t5-,6+. The minimum absolute atomic E-state index is 0.376. The summed E-state index contributed by atoms with van der Waals surface area (Å²) in [6.07, 6.45) is 0. The number of nitrogens with zero attached hydrogens (tertiary/aromatic N) is 2. The summed E-state index contributed by atoms with van der Waals surface area (Å²) in [7, 11) is 0. The molecule has 0 bridgehead atoms. The van der Waals surface area contributed by atoms with Crippen molar-refractivity contribution in [1.29, 1.82) is 0 Å². The summed E-state index contributed by atoms with van der Waals surface area (Å²) >= 11 is 0. The highest BCUT2D eigenvalue weighted by Gasteiger charge is 2.24. The number of nitrogens with two attached hydrogens (primary N) is 2. The minimum atomic E-state index is 0.376. The van der Waals surface area contributed by atoms with Crippen molar-refractivity contribution < 1.29 is 0 Å². The molecule has 10 heavy (non-hydrogen) atoms. The first-order valence-electron chi connectivity index (χ1n) is 3.64. The van der Waals surface area contributed by atoms with Gasteiger partial charge in [-0.25, -0.2) is 10.0 Å². The molecule has 0 aromatic rings. The number of hydrogen-bond acceptors (Lipinski definition) is 4. The maximum absolute atomic E-state index is 5.68. The first kappa shape index (κ1) is 7.94. The first-order valence-corrected chi connectivity index (χ1v) is 3.64. The molecule has 0 unspecified atom stereocenters. The van der Waals surface area contributed by atoms with Crippen LogP contribution in [0.3, 0.4) is 0 Å². The van der Waals surface area contributed by atoms with Crippen LogP contribution in [0.2, 0.25) is 0 Å². The lowest BCUT2D eigenvalue weighted by molar-refractivity contribution is 0.0426. The smallest absolute Gasteiger partial charge is 0.0354 e. The first-order chi connectivity index (χ1) is 4.61. The van der Waals surface area contributed by atoms with Gasteiger partial charge < -0.3 is 0 Å². The van der Waals surface area contributed by atoms with Crippen molar-refractivity contribution in [2.75, 3.05) is 13.1 Å². The van der Waals surface area contributed by atoms with E-state index in [4.69, 9.17) is 11.7 Å². The van der Waals surface area contributed by atoms with Gasteiger partial charge in [0.2, 0.25) is 0 Å². The van der Waals surface area contributed by atoms with Gasteiger partial charge in [-0.1, -0.05) is 0 Å². The second-order valence-corrected chi connectivity index (χ2v) is 3.09. The van der Waals surface area contributed by atoms with Gasteiger partial charge in [-0.05, 0) is 13.8 Å². The van der Waals surface area contributed by atoms with Crippen LogP contribution in [0.1, 0.15) is 13.8 Å². The molecule has 0 spiro atoms. The van der Waals surface area contributed by atoms with Crippen LogP contribution in [0, 0.1) is 0 Å². The van der Waals surface area contributed by atoms with Crippen molar-refractivity contribution in [2.45, 2.75) is 25.9 Å². The molecule has 4 heteroatoms. The zero-order chi connectivity index (χ0) is 7.72. The van der Waals surface area contributed by atoms with E-state index in [9.17, 15) is 0 Å². The monoisotopic (exact) mass is 144 g/mol. The average Bonchev–Trinajstić information content (AvgIpc) is 1.84. The van der Waals surface area contributed by atoms with E-state index in [1.54, 1.807) is 0 Å². The van der Waals surface area contributed by atoms with Crippen LogP contribution >= 0.6 is 0 Å². The summed E-state index contributed by atoms with van der Waals surface area (Å²) < 4.78 is 0. The molecule has 1 heterocycles. The van der Waals surface area contributed by atoms with Gasteiger partial charge in [-0.3, -0.25) is 11.7 Å². The number of piperazine rings is 1. The highest BCUT2D eigenvalue weighted by Crippen LogP contribution is 2.06. The van der Waals surface area contributed by atoms with E-state index in [2.05, 4.69) is 13.8 Å². The third-order valence-corrected chi connectivity index (χ3v) is 2.08. The Morgan fingerprint density at radius 3 is 1.60 bits per heavy atom. The van der Waals surface area contributed by atoms with Crippen LogP contribution in [0.25, 0.3) is 0 Å². The van der Waals surface area contributed by atoms with Gasteiger partial charge >= 0.3 is 0 Å². The summed E-state index contributed by atoms with van der Waals surface area (Å²) in [6.45, 7) is 5.87. The van der Waals surface area contributed by atoms with Crippen LogP contribution in [0.4, 0.5) is 0 Å². The third-order valence-electron chi connectivity index (χ3n) is 2.08. The predicted molar refractivity (Wildman–Crippen MR) is 40.7 cm³/mol. The fraction of sp³-hybridized carbons (Fsp3) is 1.00. The molecule has 0 amide bonds. The van der Waals surface area contributed by atoms with Gasteiger partial charge in [0.1, 0.15) is 0 Å². The quantitative estimate of drug-likeness (QED) is 0.434. The van der Waals surface area contributed by atoms with E-state index in [1.165, 1.54) is 0 Å². The molecule has 60 valence electrons. The molecule has 4 nitrogen and oxygen atoms in total. The van der Waals surface area contributed by atoms with Crippen LogP contribution in [0.5, 0.6) is 0 Å². The van der Waals surface area contributed by atoms with Gasteiger partial charge in [0, 0.05) is 25.2 Å². The van der Waals surface area contributed by atoms with Crippen LogP contribution in [-0.4, -0.2) is 35.2 Å². The fourth-order valence-electron chi connectivity index (χ4n) is 1.18. The van der Waals surface area contributed by atoms with E-state index in [1.807, 2.05) is 10.0 Å². The summed E-state index contributed by atoms with van der Waals surface area (Å²) in [6, 6.07) is 0.752. The van der Waals surface area contributed by atoms with Crippen molar-refractivity contribution >= 4 is 0 Å². The van der Waals surface area contributed by atoms with Crippen molar-refractivity contribution in [3.8, 4) is 0 Å². The fourth-order valence-corrected chi connectivity index (χ4v) is 1.18. The summed E-state index contributed by atoms with van der Waals surface area (Å²) in [5.41, 5.74) is 0. The number of hydrogen-bond donors (Lipinski definition) is 2. The van der Waals surface area contributed by atoms with Crippen molar-refractivity contribution in [3.63, 3.8) is 0 Å². The Hall–Kier alpha value is -0.160. The lowest BCUT2D eigenvalue weighted by Crippen LogP contribution is -2.60. The maximum Gasteiger partial charge on any atom is 0.0354 e. The SMILES string of the molecule is C[C@@H]1CN(N)[C@@H](C)CN1N. The molecule has 1 fully saturated rings. The second kappa shape index (κ2) is 2.84. The second-order valence-electron chi connectivity index (χ2n) is 3.09. The van der Waals surface area contributed by atoms with E-state index >= 15 is 0 Å². The molecular formula is C6H16N4. The molecule has 4 N–H and O–H groups in total. The van der Waals surface area contributed by atoms with Crippen molar-refractivity contribution in [2.24, 2.45) is 11.7 Å². The summed E-state index contributed by atoms with van der Waals surface area (Å²) in [5, 5.41) is 3.68. The molecule has 0 aromatic heterocycles. The average molecular weight is 144 g/mol.